The minimum Gasteiger partial charge on any atom is -0.321 e. The Hall–Kier alpha value is -1.64. The molecule has 28 heavy (non-hydrogen) atoms. The Kier molecular flexibility index (Phi) is 11.1. The number of hydrogen-bond donors (Lipinski definition) is 0. The summed E-state index contributed by atoms with van der Waals surface area (Å²) in [6.07, 6.45) is 0. The highest BCUT2D eigenvalue weighted by atomic mass is 15.3. The maximum atomic E-state index is 2.29. The van der Waals surface area contributed by atoms with Crippen LogP contribution < -0.4 is 0 Å². The molecular formula is C26H44N2+2. The zero-order chi connectivity index (χ0) is 20.9. The lowest BCUT2D eigenvalue weighted by molar-refractivity contribution is -0.936. The highest BCUT2D eigenvalue weighted by Gasteiger charge is 2.21. The molecule has 0 fully saturated rings. The van der Waals surface area contributed by atoms with Crippen LogP contribution in [0.1, 0.15) is 52.7 Å². The van der Waals surface area contributed by atoms with Crippen molar-refractivity contribution < 1.29 is 8.97 Å². The van der Waals surface area contributed by atoms with Gasteiger partial charge in [-0.3, -0.25) is 0 Å². The minimum absolute atomic E-state index is 1.17. The minimum atomic E-state index is 1.17. The molecule has 2 heteroatoms. The van der Waals surface area contributed by atoms with Crippen LogP contribution in [0, 0.1) is 0 Å². The number of benzene rings is 2. The van der Waals surface area contributed by atoms with Crippen molar-refractivity contribution in [3.63, 3.8) is 0 Å². The van der Waals surface area contributed by atoms with E-state index in [0.29, 0.717) is 0 Å². The SMILES string of the molecule is CC[N+](CC)(CC)Cc1ccccc1.CC[N+](CC)(CC)Cc1ccccc1. The molecule has 0 bridgehead atoms. The Morgan fingerprint density at radius 3 is 0.893 bits per heavy atom. The fourth-order valence-corrected chi connectivity index (χ4v) is 3.95. The standard InChI is InChI=1S/2C13H22N/c2*1-4-14(5-2,6-3)12-13-10-8-7-9-11-13/h2*7-11H,4-6,12H2,1-3H3/q2*+1. The van der Waals surface area contributed by atoms with Crippen molar-refractivity contribution in [1.82, 2.24) is 0 Å². The van der Waals surface area contributed by atoms with Crippen LogP contribution in [-0.4, -0.2) is 48.2 Å². The third-order valence-electron chi connectivity index (χ3n) is 6.75. The molecule has 0 aliphatic carbocycles. The molecule has 0 heterocycles. The van der Waals surface area contributed by atoms with Gasteiger partial charge in [-0.05, 0) is 41.5 Å². The molecule has 0 saturated heterocycles. The fourth-order valence-electron chi connectivity index (χ4n) is 3.95. The molecule has 0 spiro atoms. The van der Waals surface area contributed by atoms with E-state index in [1.54, 1.807) is 0 Å². The summed E-state index contributed by atoms with van der Waals surface area (Å²) in [7, 11) is 0. The smallest absolute Gasteiger partial charge is 0.104 e. The van der Waals surface area contributed by atoms with Gasteiger partial charge in [0.05, 0.1) is 39.3 Å². The zero-order valence-corrected chi connectivity index (χ0v) is 19.3. The van der Waals surface area contributed by atoms with E-state index in [4.69, 9.17) is 0 Å². The molecule has 2 aromatic carbocycles. The molecule has 0 unspecified atom stereocenters. The molecule has 156 valence electrons. The summed E-state index contributed by atoms with van der Waals surface area (Å²) in [5.41, 5.74) is 2.91. The van der Waals surface area contributed by atoms with Gasteiger partial charge in [-0.15, -0.1) is 0 Å². The van der Waals surface area contributed by atoms with Gasteiger partial charge in [0.15, 0.2) is 0 Å². The molecule has 2 aromatic rings. The van der Waals surface area contributed by atoms with Crippen LogP contribution in [0.25, 0.3) is 0 Å². The number of rotatable bonds is 10. The fraction of sp³-hybridized carbons (Fsp3) is 0.538. The third kappa shape index (κ3) is 7.41. The van der Waals surface area contributed by atoms with Crippen molar-refractivity contribution in [2.24, 2.45) is 0 Å². The van der Waals surface area contributed by atoms with E-state index in [0.717, 1.165) is 0 Å². The van der Waals surface area contributed by atoms with Crippen LogP contribution >= 0.6 is 0 Å². The molecule has 0 aromatic heterocycles. The predicted molar refractivity (Wildman–Crippen MR) is 124 cm³/mol. The quantitative estimate of drug-likeness (QED) is 0.432. The first-order valence-corrected chi connectivity index (χ1v) is 11.3. The lowest BCUT2D eigenvalue weighted by Gasteiger charge is -2.35. The molecule has 0 saturated carbocycles. The second kappa shape index (κ2) is 12.7. The van der Waals surface area contributed by atoms with Crippen LogP contribution in [0.3, 0.4) is 0 Å². The van der Waals surface area contributed by atoms with Gasteiger partial charge < -0.3 is 8.97 Å². The van der Waals surface area contributed by atoms with Crippen molar-refractivity contribution in [2.75, 3.05) is 39.3 Å². The largest absolute Gasteiger partial charge is 0.321 e. The van der Waals surface area contributed by atoms with Gasteiger partial charge in [0.25, 0.3) is 0 Å². The van der Waals surface area contributed by atoms with E-state index in [1.165, 1.54) is 72.5 Å². The normalized spacial score (nSPS) is 11.6. The van der Waals surface area contributed by atoms with Crippen LogP contribution in [-0.2, 0) is 13.1 Å². The summed E-state index contributed by atoms with van der Waals surface area (Å²) in [4.78, 5) is 0. The second-order valence-corrected chi connectivity index (χ2v) is 7.87. The first-order chi connectivity index (χ1) is 13.5. The highest BCUT2D eigenvalue weighted by molar-refractivity contribution is 5.14. The van der Waals surface area contributed by atoms with E-state index in [-0.39, 0.29) is 0 Å². The van der Waals surface area contributed by atoms with Crippen molar-refractivity contribution in [3.05, 3.63) is 71.8 Å². The summed E-state index contributed by atoms with van der Waals surface area (Å²) >= 11 is 0. The maximum absolute atomic E-state index is 2.29. The van der Waals surface area contributed by atoms with Crippen LogP contribution in [0.5, 0.6) is 0 Å². The summed E-state index contributed by atoms with van der Waals surface area (Å²) in [5, 5.41) is 0. The van der Waals surface area contributed by atoms with Crippen molar-refractivity contribution in [1.29, 1.82) is 0 Å². The Balaban J connectivity index is 0.000000280. The molecular weight excluding hydrogens is 340 g/mol. The van der Waals surface area contributed by atoms with Crippen molar-refractivity contribution in [3.8, 4) is 0 Å². The van der Waals surface area contributed by atoms with Gasteiger partial charge in [-0.1, -0.05) is 60.7 Å². The molecule has 2 nitrogen and oxygen atoms in total. The lowest BCUT2D eigenvalue weighted by Crippen LogP contribution is -2.46. The van der Waals surface area contributed by atoms with E-state index in [1.807, 2.05) is 0 Å². The van der Waals surface area contributed by atoms with E-state index in [2.05, 4.69) is 102 Å². The van der Waals surface area contributed by atoms with Crippen LogP contribution in [0.2, 0.25) is 0 Å². The van der Waals surface area contributed by atoms with Crippen molar-refractivity contribution in [2.45, 2.75) is 54.6 Å². The number of nitrogens with zero attached hydrogens (tertiary/aromatic N) is 2. The first-order valence-electron chi connectivity index (χ1n) is 11.3. The average molecular weight is 385 g/mol. The topological polar surface area (TPSA) is 0 Å². The number of hydrogen-bond acceptors (Lipinski definition) is 0. The monoisotopic (exact) mass is 384 g/mol. The molecule has 0 aliphatic rings. The summed E-state index contributed by atoms with van der Waals surface area (Å²) in [5.74, 6) is 0. The molecule has 0 amide bonds. The van der Waals surface area contributed by atoms with Gasteiger partial charge in [0.2, 0.25) is 0 Å². The highest BCUT2D eigenvalue weighted by Crippen LogP contribution is 2.14. The summed E-state index contributed by atoms with van der Waals surface area (Å²) in [6.45, 7) is 23.4. The van der Waals surface area contributed by atoms with Gasteiger partial charge in [0, 0.05) is 11.1 Å². The van der Waals surface area contributed by atoms with Gasteiger partial charge in [-0.25, -0.2) is 0 Å². The Bertz CT molecular complexity index is 539. The predicted octanol–water partition coefficient (Wildman–Crippen LogP) is 6.13. The summed E-state index contributed by atoms with van der Waals surface area (Å²) < 4.78 is 2.40. The van der Waals surface area contributed by atoms with Crippen LogP contribution in [0.15, 0.2) is 60.7 Å². The average Bonchev–Trinajstić information content (AvgIpc) is 2.78. The molecule has 0 atom stereocenters. The van der Waals surface area contributed by atoms with E-state index >= 15 is 0 Å². The second-order valence-electron chi connectivity index (χ2n) is 7.87. The molecule has 0 radical (unpaired) electrons. The van der Waals surface area contributed by atoms with Gasteiger partial charge >= 0.3 is 0 Å². The van der Waals surface area contributed by atoms with Gasteiger partial charge in [0.1, 0.15) is 13.1 Å². The molecule has 0 N–H and O–H groups in total. The Labute approximate surface area is 175 Å². The third-order valence-corrected chi connectivity index (χ3v) is 6.75. The first kappa shape index (κ1) is 24.4. The van der Waals surface area contributed by atoms with Crippen molar-refractivity contribution >= 4 is 0 Å². The molecule has 0 aliphatic heterocycles. The van der Waals surface area contributed by atoms with Crippen LogP contribution in [0.4, 0.5) is 0 Å². The van der Waals surface area contributed by atoms with Gasteiger partial charge in [-0.2, -0.15) is 0 Å². The van der Waals surface area contributed by atoms with E-state index < -0.39 is 0 Å². The zero-order valence-electron chi connectivity index (χ0n) is 19.3. The summed E-state index contributed by atoms with van der Waals surface area (Å²) in [6, 6.07) is 21.6. The lowest BCUT2D eigenvalue weighted by atomic mass is 10.2. The molecule has 2 rings (SSSR count). The van der Waals surface area contributed by atoms with E-state index in [9.17, 15) is 0 Å². The Morgan fingerprint density at radius 2 is 0.679 bits per heavy atom. The maximum Gasteiger partial charge on any atom is 0.104 e. The Morgan fingerprint density at radius 1 is 0.429 bits per heavy atom. The number of quaternary nitrogens is 2.